The lowest BCUT2D eigenvalue weighted by molar-refractivity contribution is -0.129. The maximum Gasteiger partial charge on any atom is 0.239 e. The van der Waals surface area contributed by atoms with Crippen molar-refractivity contribution in [2.45, 2.75) is 37.3 Å². The number of hydrogen-bond acceptors (Lipinski definition) is 4. The largest absolute Gasteiger partial charge is 0.381 e. The number of rotatable bonds is 4. The van der Waals surface area contributed by atoms with Gasteiger partial charge in [-0.05, 0) is 37.5 Å². The molecule has 1 aromatic carbocycles. The summed E-state index contributed by atoms with van der Waals surface area (Å²) in [4.78, 5) is 12.6. The number of ether oxygens (including phenoxy) is 2. The van der Waals surface area contributed by atoms with Crippen LogP contribution in [0.4, 0.5) is 0 Å². The third-order valence-electron chi connectivity index (χ3n) is 5.09. The first-order valence-corrected chi connectivity index (χ1v) is 8.95. The molecule has 2 heterocycles. The van der Waals surface area contributed by atoms with Crippen molar-refractivity contribution >= 4 is 29.9 Å². The number of hydrogen-bond donors (Lipinski definition) is 2. The van der Waals surface area contributed by atoms with E-state index in [1.54, 1.807) is 0 Å². The van der Waals surface area contributed by atoms with Gasteiger partial charge in [-0.2, -0.15) is 0 Å². The Morgan fingerprint density at radius 3 is 2.80 bits per heavy atom. The first-order valence-electron chi connectivity index (χ1n) is 8.57. The first kappa shape index (κ1) is 20.5. The summed E-state index contributed by atoms with van der Waals surface area (Å²) in [5, 5.41) is 7.09. The fraction of sp³-hybridized carbons (Fsp3) is 0.611. The Morgan fingerprint density at radius 1 is 1.36 bits per heavy atom. The van der Waals surface area contributed by atoms with Gasteiger partial charge in [0, 0.05) is 36.7 Å². The Kier molecular flexibility index (Phi) is 7.52. The van der Waals surface area contributed by atoms with Gasteiger partial charge in [-0.1, -0.05) is 23.7 Å². The summed E-state index contributed by atoms with van der Waals surface area (Å²) in [6.07, 6.45) is 1.63. The predicted octanol–water partition coefficient (Wildman–Crippen LogP) is 2.30. The van der Waals surface area contributed by atoms with Crippen LogP contribution in [-0.4, -0.2) is 51.0 Å². The number of morpholine rings is 1. The summed E-state index contributed by atoms with van der Waals surface area (Å²) in [5.41, 5.74) is 1.04. The Balaban J connectivity index is 0.00000225. The van der Waals surface area contributed by atoms with Crippen molar-refractivity contribution in [3.8, 4) is 0 Å². The fourth-order valence-electron chi connectivity index (χ4n) is 3.54. The molecular formula is C18H26Cl2N2O3. The topological polar surface area (TPSA) is 59.6 Å². The summed E-state index contributed by atoms with van der Waals surface area (Å²) in [6.45, 7) is 5.26. The van der Waals surface area contributed by atoms with Crippen molar-refractivity contribution in [2.75, 3.05) is 32.9 Å². The number of nitrogens with one attached hydrogen (secondary N) is 2. The molecule has 1 amide bonds. The highest BCUT2D eigenvalue weighted by Gasteiger charge is 2.36. The summed E-state index contributed by atoms with van der Waals surface area (Å²) in [5.74, 6) is -0.00454. The van der Waals surface area contributed by atoms with E-state index in [-0.39, 0.29) is 35.9 Å². The SMILES string of the molecule is C[C@H]1OCCN[C@@H]1C(=O)NCC1(c2cccc(Cl)c2)CCOCC1.Cl. The minimum Gasteiger partial charge on any atom is -0.381 e. The van der Waals surface area contributed by atoms with E-state index in [9.17, 15) is 4.79 Å². The van der Waals surface area contributed by atoms with E-state index in [0.717, 1.165) is 17.9 Å². The average molecular weight is 389 g/mol. The van der Waals surface area contributed by atoms with E-state index in [1.165, 1.54) is 5.56 Å². The van der Waals surface area contributed by atoms with Crippen LogP contribution in [0.5, 0.6) is 0 Å². The Labute approximate surface area is 160 Å². The molecule has 2 aliphatic heterocycles. The molecule has 0 bridgehead atoms. The van der Waals surface area contributed by atoms with Gasteiger partial charge in [0.25, 0.3) is 0 Å². The van der Waals surface area contributed by atoms with Crippen LogP contribution in [0.3, 0.4) is 0 Å². The molecule has 0 saturated carbocycles. The van der Waals surface area contributed by atoms with Crippen molar-refractivity contribution in [3.63, 3.8) is 0 Å². The van der Waals surface area contributed by atoms with Crippen LogP contribution >= 0.6 is 24.0 Å². The van der Waals surface area contributed by atoms with Gasteiger partial charge in [-0.25, -0.2) is 0 Å². The average Bonchev–Trinajstić information content (AvgIpc) is 2.61. The highest BCUT2D eigenvalue weighted by Crippen LogP contribution is 2.35. The third kappa shape index (κ3) is 4.86. The van der Waals surface area contributed by atoms with Crippen molar-refractivity contribution in [1.29, 1.82) is 0 Å². The van der Waals surface area contributed by atoms with Gasteiger partial charge in [-0.15, -0.1) is 12.4 Å². The number of amides is 1. The lowest BCUT2D eigenvalue weighted by Crippen LogP contribution is -2.57. The first-order chi connectivity index (χ1) is 11.6. The Bertz CT molecular complexity index is 579. The van der Waals surface area contributed by atoms with E-state index < -0.39 is 0 Å². The molecule has 5 nitrogen and oxygen atoms in total. The molecule has 2 saturated heterocycles. The van der Waals surface area contributed by atoms with Crippen LogP contribution in [0.1, 0.15) is 25.3 Å². The lowest BCUT2D eigenvalue weighted by atomic mass is 9.74. The molecule has 2 N–H and O–H groups in total. The van der Waals surface area contributed by atoms with Gasteiger partial charge >= 0.3 is 0 Å². The quantitative estimate of drug-likeness (QED) is 0.830. The minimum absolute atomic E-state index is 0. The monoisotopic (exact) mass is 388 g/mol. The molecule has 0 radical (unpaired) electrons. The summed E-state index contributed by atoms with van der Waals surface area (Å²) in [6, 6.07) is 7.64. The van der Waals surface area contributed by atoms with E-state index in [0.29, 0.717) is 32.9 Å². The number of carbonyl (C=O) groups is 1. The zero-order chi connectivity index (χ0) is 17.0. The van der Waals surface area contributed by atoms with Crippen molar-refractivity contribution in [1.82, 2.24) is 10.6 Å². The van der Waals surface area contributed by atoms with Crippen LogP contribution in [-0.2, 0) is 19.7 Å². The summed E-state index contributed by atoms with van der Waals surface area (Å²) < 4.78 is 11.1. The van der Waals surface area contributed by atoms with E-state index in [4.69, 9.17) is 21.1 Å². The molecule has 2 aliphatic rings. The Hall–Kier alpha value is -0.850. The molecule has 25 heavy (non-hydrogen) atoms. The smallest absolute Gasteiger partial charge is 0.239 e. The summed E-state index contributed by atoms with van der Waals surface area (Å²) >= 11 is 6.18. The number of benzene rings is 1. The highest BCUT2D eigenvalue weighted by molar-refractivity contribution is 6.30. The van der Waals surface area contributed by atoms with Gasteiger partial charge in [-0.3, -0.25) is 4.79 Å². The van der Waals surface area contributed by atoms with E-state index in [1.807, 2.05) is 25.1 Å². The van der Waals surface area contributed by atoms with Crippen molar-refractivity contribution in [3.05, 3.63) is 34.9 Å². The normalized spacial score (nSPS) is 25.7. The molecule has 0 aromatic heterocycles. The molecular weight excluding hydrogens is 363 g/mol. The molecule has 2 fully saturated rings. The molecule has 1 aromatic rings. The lowest BCUT2D eigenvalue weighted by Gasteiger charge is -2.39. The van der Waals surface area contributed by atoms with Crippen LogP contribution in [0.25, 0.3) is 0 Å². The molecule has 0 aliphatic carbocycles. The maximum atomic E-state index is 12.6. The molecule has 0 unspecified atom stereocenters. The van der Waals surface area contributed by atoms with Crippen molar-refractivity contribution < 1.29 is 14.3 Å². The van der Waals surface area contributed by atoms with E-state index >= 15 is 0 Å². The number of halogens is 2. The van der Waals surface area contributed by atoms with E-state index in [2.05, 4.69) is 16.7 Å². The minimum atomic E-state index is -0.296. The number of carbonyl (C=O) groups excluding carboxylic acids is 1. The second-order valence-electron chi connectivity index (χ2n) is 6.63. The third-order valence-corrected chi connectivity index (χ3v) is 5.32. The zero-order valence-electron chi connectivity index (χ0n) is 14.4. The van der Waals surface area contributed by atoms with Crippen LogP contribution in [0.15, 0.2) is 24.3 Å². The van der Waals surface area contributed by atoms with Crippen LogP contribution < -0.4 is 10.6 Å². The summed E-state index contributed by atoms with van der Waals surface area (Å²) in [7, 11) is 0. The van der Waals surface area contributed by atoms with Gasteiger partial charge in [0.15, 0.2) is 0 Å². The maximum absolute atomic E-state index is 12.6. The second-order valence-corrected chi connectivity index (χ2v) is 7.06. The molecule has 7 heteroatoms. The Morgan fingerprint density at radius 2 is 2.12 bits per heavy atom. The molecule has 2 atom stereocenters. The van der Waals surface area contributed by atoms with Gasteiger partial charge in [0.2, 0.25) is 5.91 Å². The second kappa shape index (κ2) is 9.19. The fourth-order valence-corrected chi connectivity index (χ4v) is 3.73. The van der Waals surface area contributed by atoms with Gasteiger partial charge in [0.1, 0.15) is 6.04 Å². The highest BCUT2D eigenvalue weighted by atomic mass is 35.5. The standard InChI is InChI=1S/C18H25ClN2O3.ClH/c1-13-16(20-7-10-24-13)17(22)21-12-18(5-8-23-9-6-18)14-3-2-4-15(19)11-14;/h2-4,11,13,16,20H,5-10,12H2,1H3,(H,21,22);1H/t13-,16+;/m1./s1. The van der Waals surface area contributed by atoms with Gasteiger partial charge < -0.3 is 20.1 Å². The van der Waals surface area contributed by atoms with Crippen LogP contribution in [0.2, 0.25) is 5.02 Å². The van der Waals surface area contributed by atoms with Crippen molar-refractivity contribution in [2.24, 2.45) is 0 Å². The predicted molar refractivity (Wildman–Crippen MR) is 101 cm³/mol. The van der Waals surface area contributed by atoms with Crippen LogP contribution in [0, 0.1) is 0 Å². The molecule has 140 valence electrons. The zero-order valence-corrected chi connectivity index (χ0v) is 16.0. The van der Waals surface area contributed by atoms with Gasteiger partial charge in [0.05, 0.1) is 12.7 Å². The molecule has 0 spiro atoms. The molecule has 3 rings (SSSR count).